The van der Waals surface area contributed by atoms with Crippen LogP contribution in [-0.4, -0.2) is 11.8 Å². The van der Waals surface area contributed by atoms with Gasteiger partial charge in [0.25, 0.3) is 5.91 Å². The van der Waals surface area contributed by atoms with Crippen LogP contribution in [0, 0.1) is 0 Å². The van der Waals surface area contributed by atoms with Gasteiger partial charge in [0.2, 0.25) is 5.91 Å². The van der Waals surface area contributed by atoms with Gasteiger partial charge in [-0.2, -0.15) is 0 Å². The molecule has 0 fully saturated rings. The molecule has 3 rings (SSSR count). The molecular weight excluding hydrogens is 268 g/mol. The maximum Gasteiger partial charge on any atom is 0.251 e. The van der Waals surface area contributed by atoms with Gasteiger partial charge in [-0.25, -0.2) is 0 Å². The third-order valence-electron chi connectivity index (χ3n) is 3.77. The molecule has 21 heavy (non-hydrogen) atoms. The normalized spacial score (nSPS) is 15.4. The number of nitrogens with one attached hydrogen (secondary N) is 2. The van der Waals surface area contributed by atoms with E-state index in [-0.39, 0.29) is 11.8 Å². The Kier molecular flexibility index (Phi) is 3.05. The average Bonchev–Trinajstić information content (AvgIpc) is 3.04. The van der Waals surface area contributed by atoms with Crippen LogP contribution >= 0.6 is 0 Å². The fraction of sp³-hybridized carbons (Fsp3) is 0.250. The Hall–Kier alpha value is -2.56. The largest absolute Gasteiger partial charge is 0.467 e. The van der Waals surface area contributed by atoms with E-state index in [0.717, 1.165) is 11.3 Å². The van der Waals surface area contributed by atoms with E-state index in [9.17, 15) is 9.59 Å². The third kappa shape index (κ3) is 2.31. The highest BCUT2D eigenvalue weighted by atomic mass is 16.3. The molecule has 2 heterocycles. The van der Waals surface area contributed by atoms with Crippen molar-refractivity contribution in [3.05, 3.63) is 53.5 Å². The molecule has 0 unspecified atom stereocenters. The maximum atomic E-state index is 12.2. The summed E-state index contributed by atoms with van der Waals surface area (Å²) in [5, 5.41) is 5.62. The summed E-state index contributed by atoms with van der Waals surface area (Å²) in [6, 6.07) is 8.82. The van der Waals surface area contributed by atoms with Crippen LogP contribution in [-0.2, 0) is 16.8 Å². The highest BCUT2D eigenvalue weighted by Gasteiger charge is 2.38. The topological polar surface area (TPSA) is 71.3 Å². The second kappa shape index (κ2) is 4.77. The van der Waals surface area contributed by atoms with Crippen molar-refractivity contribution < 1.29 is 14.0 Å². The molecule has 0 aliphatic carbocycles. The number of anilines is 1. The molecule has 1 aliphatic heterocycles. The number of amides is 2. The second-order valence-electron chi connectivity index (χ2n) is 5.60. The van der Waals surface area contributed by atoms with Gasteiger partial charge in [0.15, 0.2) is 0 Å². The molecule has 5 nitrogen and oxygen atoms in total. The minimum atomic E-state index is -0.618. The van der Waals surface area contributed by atoms with E-state index in [1.165, 1.54) is 0 Å². The average molecular weight is 284 g/mol. The first-order valence-electron chi connectivity index (χ1n) is 6.75. The fourth-order valence-corrected chi connectivity index (χ4v) is 2.40. The number of carbonyl (C=O) groups is 2. The van der Waals surface area contributed by atoms with Crippen molar-refractivity contribution in [3.8, 4) is 0 Å². The van der Waals surface area contributed by atoms with Crippen LogP contribution in [0.15, 0.2) is 41.0 Å². The summed E-state index contributed by atoms with van der Waals surface area (Å²) in [7, 11) is 0. The Labute approximate surface area is 122 Å². The quantitative estimate of drug-likeness (QED) is 0.909. The maximum absolute atomic E-state index is 12.2. The summed E-state index contributed by atoms with van der Waals surface area (Å²) >= 11 is 0. The molecule has 2 aromatic rings. The minimum Gasteiger partial charge on any atom is -0.467 e. The monoisotopic (exact) mass is 284 g/mol. The smallest absolute Gasteiger partial charge is 0.251 e. The SMILES string of the molecule is CC1(C)C(=O)Nc2ccc(C(=O)NCc3ccco3)cc21. The number of benzene rings is 1. The van der Waals surface area contributed by atoms with Gasteiger partial charge < -0.3 is 15.1 Å². The first-order chi connectivity index (χ1) is 9.98. The van der Waals surface area contributed by atoms with Crippen LogP contribution in [0.5, 0.6) is 0 Å². The van der Waals surface area contributed by atoms with Crippen LogP contribution in [0.3, 0.4) is 0 Å². The van der Waals surface area contributed by atoms with Gasteiger partial charge in [-0.05, 0) is 49.7 Å². The first kappa shape index (κ1) is 13.4. The number of fused-ring (bicyclic) bond motifs is 1. The number of carbonyl (C=O) groups excluding carboxylic acids is 2. The number of hydrogen-bond acceptors (Lipinski definition) is 3. The molecule has 5 heteroatoms. The lowest BCUT2D eigenvalue weighted by Crippen LogP contribution is -2.27. The predicted molar refractivity (Wildman–Crippen MR) is 78.0 cm³/mol. The zero-order valence-electron chi connectivity index (χ0n) is 11.9. The lowest BCUT2D eigenvalue weighted by Gasteiger charge is -2.15. The Morgan fingerprint density at radius 2 is 2.14 bits per heavy atom. The van der Waals surface area contributed by atoms with E-state index in [2.05, 4.69) is 10.6 Å². The van der Waals surface area contributed by atoms with Gasteiger partial charge in [0.1, 0.15) is 5.76 Å². The lowest BCUT2D eigenvalue weighted by molar-refractivity contribution is -0.119. The van der Waals surface area contributed by atoms with E-state index >= 15 is 0 Å². The van der Waals surface area contributed by atoms with Gasteiger partial charge >= 0.3 is 0 Å². The predicted octanol–water partition coefficient (Wildman–Crippen LogP) is 2.44. The summed E-state index contributed by atoms with van der Waals surface area (Å²) in [5.41, 5.74) is 1.53. The van der Waals surface area contributed by atoms with Crippen molar-refractivity contribution in [2.24, 2.45) is 0 Å². The molecule has 0 saturated heterocycles. The molecule has 0 radical (unpaired) electrons. The van der Waals surface area contributed by atoms with Crippen LogP contribution < -0.4 is 10.6 Å². The van der Waals surface area contributed by atoms with Crippen molar-refractivity contribution in [1.82, 2.24) is 5.32 Å². The first-order valence-corrected chi connectivity index (χ1v) is 6.75. The fourth-order valence-electron chi connectivity index (χ4n) is 2.40. The van der Waals surface area contributed by atoms with Crippen LogP contribution in [0.1, 0.15) is 35.5 Å². The summed E-state index contributed by atoms with van der Waals surface area (Å²) < 4.78 is 5.17. The van der Waals surface area contributed by atoms with Crippen LogP contribution in [0.25, 0.3) is 0 Å². The Balaban J connectivity index is 1.80. The zero-order valence-corrected chi connectivity index (χ0v) is 11.9. The van der Waals surface area contributed by atoms with E-state index in [0.29, 0.717) is 17.9 Å². The summed E-state index contributed by atoms with van der Waals surface area (Å²) in [5.74, 6) is 0.455. The molecule has 0 bridgehead atoms. The van der Waals surface area contributed by atoms with Crippen molar-refractivity contribution in [1.29, 1.82) is 0 Å². The molecule has 1 aromatic heterocycles. The van der Waals surface area contributed by atoms with Crippen molar-refractivity contribution >= 4 is 17.5 Å². The highest BCUT2D eigenvalue weighted by Crippen LogP contribution is 2.37. The Morgan fingerprint density at radius 3 is 2.86 bits per heavy atom. The van der Waals surface area contributed by atoms with E-state index in [1.807, 2.05) is 13.8 Å². The second-order valence-corrected chi connectivity index (χ2v) is 5.60. The highest BCUT2D eigenvalue weighted by molar-refractivity contribution is 6.07. The van der Waals surface area contributed by atoms with Crippen molar-refractivity contribution in [2.75, 3.05) is 5.32 Å². The van der Waals surface area contributed by atoms with Gasteiger partial charge in [-0.1, -0.05) is 0 Å². The lowest BCUT2D eigenvalue weighted by atomic mass is 9.85. The summed E-state index contributed by atoms with van der Waals surface area (Å²) in [6.45, 7) is 4.03. The molecule has 0 atom stereocenters. The third-order valence-corrected chi connectivity index (χ3v) is 3.77. The summed E-state index contributed by atoms with van der Waals surface area (Å²) in [4.78, 5) is 24.1. The number of rotatable bonds is 3. The van der Waals surface area contributed by atoms with E-state index in [1.54, 1.807) is 36.6 Å². The summed E-state index contributed by atoms with van der Waals surface area (Å²) in [6.07, 6.45) is 1.57. The van der Waals surface area contributed by atoms with Crippen molar-refractivity contribution in [3.63, 3.8) is 0 Å². The zero-order chi connectivity index (χ0) is 15.0. The number of furan rings is 1. The van der Waals surface area contributed by atoms with E-state index < -0.39 is 5.41 Å². The van der Waals surface area contributed by atoms with Crippen molar-refractivity contribution in [2.45, 2.75) is 25.8 Å². The molecule has 108 valence electrons. The molecule has 1 aromatic carbocycles. The molecule has 2 N–H and O–H groups in total. The van der Waals surface area contributed by atoms with Gasteiger partial charge in [0, 0.05) is 11.3 Å². The number of hydrogen-bond donors (Lipinski definition) is 2. The molecule has 1 aliphatic rings. The standard InChI is InChI=1S/C16H16N2O3/c1-16(2)12-8-10(5-6-13(12)18-15(16)20)14(19)17-9-11-4-3-7-21-11/h3-8H,9H2,1-2H3,(H,17,19)(H,18,20). The van der Waals surface area contributed by atoms with Gasteiger partial charge in [-0.3, -0.25) is 9.59 Å². The Morgan fingerprint density at radius 1 is 1.33 bits per heavy atom. The molecule has 2 amide bonds. The minimum absolute atomic E-state index is 0.0503. The molecular formula is C16H16N2O3. The van der Waals surface area contributed by atoms with E-state index in [4.69, 9.17) is 4.42 Å². The van der Waals surface area contributed by atoms with Gasteiger partial charge in [-0.15, -0.1) is 0 Å². The van der Waals surface area contributed by atoms with Crippen LogP contribution in [0.4, 0.5) is 5.69 Å². The molecule has 0 spiro atoms. The molecule has 0 saturated carbocycles. The van der Waals surface area contributed by atoms with Gasteiger partial charge in [0.05, 0.1) is 18.2 Å². The Bertz CT molecular complexity index is 702. The van der Waals surface area contributed by atoms with Crippen LogP contribution in [0.2, 0.25) is 0 Å².